The third kappa shape index (κ3) is 3.48. The van der Waals surface area contributed by atoms with Crippen molar-refractivity contribution in [1.82, 2.24) is 4.90 Å². The minimum atomic E-state index is 0.322. The van der Waals surface area contributed by atoms with Crippen LogP contribution in [0.5, 0.6) is 5.75 Å². The summed E-state index contributed by atoms with van der Waals surface area (Å²) in [6, 6.07) is 6.86. The quantitative estimate of drug-likeness (QED) is 0.768. The Morgan fingerprint density at radius 2 is 2.21 bits per heavy atom. The van der Waals surface area contributed by atoms with Gasteiger partial charge in [-0.05, 0) is 37.2 Å². The van der Waals surface area contributed by atoms with E-state index in [9.17, 15) is 0 Å². The van der Waals surface area contributed by atoms with Crippen molar-refractivity contribution in [2.75, 3.05) is 26.7 Å². The van der Waals surface area contributed by atoms with Crippen molar-refractivity contribution in [3.8, 4) is 5.75 Å². The first kappa shape index (κ1) is 14.4. The van der Waals surface area contributed by atoms with E-state index in [1.165, 1.54) is 30.4 Å². The van der Waals surface area contributed by atoms with Gasteiger partial charge in [0.05, 0.1) is 6.61 Å². The average molecular weight is 262 g/mol. The number of hydrogen-bond donors (Lipinski definition) is 1. The third-order valence-electron chi connectivity index (χ3n) is 3.97. The molecule has 0 fully saturated rings. The molecule has 1 unspecified atom stereocenters. The molecular formula is C16H26N2O. The lowest BCUT2D eigenvalue weighted by Crippen LogP contribution is -2.31. The second kappa shape index (κ2) is 6.92. The molecule has 19 heavy (non-hydrogen) atoms. The Bertz CT molecular complexity index is 406. The zero-order valence-electron chi connectivity index (χ0n) is 12.2. The molecule has 0 saturated carbocycles. The molecule has 1 aromatic rings. The molecule has 106 valence electrons. The highest BCUT2D eigenvalue weighted by Crippen LogP contribution is 2.29. The van der Waals surface area contributed by atoms with Gasteiger partial charge in [0.25, 0.3) is 0 Å². The van der Waals surface area contributed by atoms with Crippen LogP contribution in [0.15, 0.2) is 18.2 Å². The number of nitrogens with zero attached hydrogens (tertiary/aromatic N) is 1. The van der Waals surface area contributed by atoms with Gasteiger partial charge in [0.2, 0.25) is 0 Å². The van der Waals surface area contributed by atoms with Crippen molar-refractivity contribution in [2.24, 2.45) is 5.73 Å². The van der Waals surface area contributed by atoms with Crippen LogP contribution in [0.2, 0.25) is 0 Å². The standard InChI is InChI=1S/C16H26N2O/c1-3-4-5-9-18(2)15(12-17)13-6-7-16-14(11-13)8-10-19-16/h6-7,11,15H,3-5,8-10,12,17H2,1-2H3. The maximum absolute atomic E-state index is 5.98. The van der Waals surface area contributed by atoms with Crippen LogP contribution in [0.4, 0.5) is 0 Å². The number of benzene rings is 1. The molecule has 1 atom stereocenters. The van der Waals surface area contributed by atoms with E-state index in [1.807, 2.05) is 0 Å². The minimum Gasteiger partial charge on any atom is -0.493 e. The van der Waals surface area contributed by atoms with Crippen LogP contribution in [-0.4, -0.2) is 31.6 Å². The summed E-state index contributed by atoms with van der Waals surface area (Å²) in [6.07, 6.45) is 4.83. The summed E-state index contributed by atoms with van der Waals surface area (Å²) in [5.41, 5.74) is 8.64. The molecule has 0 bridgehead atoms. The van der Waals surface area contributed by atoms with Crippen LogP contribution in [0.25, 0.3) is 0 Å². The van der Waals surface area contributed by atoms with Gasteiger partial charge in [-0.3, -0.25) is 4.90 Å². The van der Waals surface area contributed by atoms with Crippen molar-refractivity contribution in [3.05, 3.63) is 29.3 Å². The lowest BCUT2D eigenvalue weighted by Gasteiger charge is -2.27. The van der Waals surface area contributed by atoms with Gasteiger partial charge in [0.15, 0.2) is 0 Å². The van der Waals surface area contributed by atoms with Gasteiger partial charge in [-0.15, -0.1) is 0 Å². The van der Waals surface area contributed by atoms with Crippen LogP contribution in [-0.2, 0) is 6.42 Å². The number of unbranched alkanes of at least 4 members (excludes halogenated alkanes) is 2. The largest absolute Gasteiger partial charge is 0.493 e. The minimum absolute atomic E-state index is 0.322. The van der Waals surface area contributed by atoms with Gasteiger partial charge >= 0.3 is 0 Å². The smallest absolute Gasteiger partial charge is 0.122 e. The first-order chi connectivity index (χ1) is 9.26. The molecule has 3 nitrogen and oxygen atoms in total. The van der Waals surface area contributed by atoms with Gasteiger partial charge in [0, 0.05) is 19.0 Å². The molecule has 0 spiro atoms. The van der Waals surface area contributed by atoms with Gasteiger partial charge in [-0.2, -0.15) is 0 Å². The molecule has 2 rings (SSSR count). The Kier molecular flexibility index (Phi) is 5.23. The Hall–Kier alpha value is -1.06. The maximum atomic E-state index is 5.98. The average Bonchev–Trinajstić information content (AvgIpc) is 2.87. The zero-order valence-corrected chi connectivity index (χ0v) is 12.2. The lowest BCUT2D eigenvalue weighted by atomic mass is 10.0. The van der Waals surface area contributed by atoms with Crippen molar-refractivity contribution >= 4 is 0 Å². The predicted molar refractivity (Wildman–Crippen MR) is 79.6 cm³/mol. The number of hydrogen-bond acceptors (Lipinski definition) is 3. The Balaban J connectivity index is 2.04. The fourth-order valence-electron chi connectivity index (χ4n) is 2.75. The second-order valence-corrected chi connectivity index (χ2v) is 5.40. The molecule has 0 amide bonds. The first-order valence-electron chi connectivity index (χ1n) is 7.42. The summed E-state index contributed by atoms with van der Waals surface area (Å²) < 4.78 is 5.56. The number of ether oxygens (including phenoxy) is 1. The van der Waals surface area contributed by atoms with Gasteiger partial charge in [-0.25, -0.2) is 0 Å². The number of nitrogens with two attached hydrogens (primary N) is 1. The monoisotopic (exact) mass is 262 g/mol. The fraction of sp³-hybridized carbons (Fsp3) is 0.625. The van der Waals surface area contributed by atoms with E-state index in [0.29, 0.717) is 12.6 Å². The van der Waals surface area contributed by atoms with Crippen LogP contribution in [0.3, 0.4) is 0 Å². The number of rotatable bonds is 7. The fourth-order valence-corrected chi connectivity index (χ4v) is 2.75. The summed E-state index contributed by atoms with van der Waals surface area (Å²) in [6.45, 7) is 4.84. The van der Waals surface area contributed by atoms with E-state index < -0.39 is 0 Å². The van der Waals surface area contributed by atoms with Crippen molar-refractivity contribution in [1.29, 1.82) is 0 Å². The molecule has 2 N–H and O–H groups in total. The molecule has 0 aromatic heterocycles. The van der Waals surface area contributed by atoms with Crippen molar-refractivity contribution < 1.29 is 4.74 Å². The highest BCUT2D eigenvalue weighted by atomic mass is 16.5. The van der Waals surface area contributed by atoms with Gasteiger partial charge in [-0.1, -0.05) is 31.9 Å². The Morgan fingerprint density at radius 3 is 2.95 bits per heavy atom. The lowest BCUT2D eigenvalue weighted by molar-refractivity contribution is 0.245. The van der Waals surface area contributed by atoms with Crippen LogP contribution < -0.4 is 10.5 Å². The highest BCUT2D eigenvalue weighted by Gasteiger charge is 2.18. The highest BCUT2D eigenvalue weighted by molar-refractivity contribution is 5.40. The molecule has 1 heterocycles. The number of likely N-dealkylation sites (N-methyl/N-ethyl adjacent to an activating group) is 1. The summed E-state index contributed by atoms with van der Waals surface area (Å²) in [5, 5.41) is 0. The normalized spacial score (nSPS) is 15.4. The molecule has 1 aliphatic rings. The molecular weight excluding hydrogens is 236 g/mol. The molecule has 0 aliphatic carbocycles. The van der Waals surface area contributed by atoms with E-state index in [-0.39, 0.29) is 0 Å². The Morgan fingerprint density at radius 1 is 1.37 bits per heavy atom. The predicted octanol–water partition coefficient (Wildman–Crippen LogP) is 2.74. The summed E-state index contributed by atoms with van der Waals surface area (Å²) in [5.74, 6) is 1.05. The summed E-state index contributed by atoms with van der Waals surface area (Å²) in [4.78, 5) is 2.38. The zero-order chi connectivity index (χ0) is 13.7. The third-order valence-corrected chi connectivity index (χ3v) is 3.97. The van der Waals surface area contributed by atoms with Gasteiger partial charge < -0.3 is 10.5 Å². The molecule has 3 heteroatoms. The first-order valence-corrected chi connectivity index (χ1v) is 7.42. The summed E-state index contributed by atoms with van der Waals surface area (Å²) in [7, 11) is 2.18. The van der Waals surface area contributed by atoms with Crippen LogP contribution in [0, 0.1) is 0 Å². The summed E-state index contributed by atoms with van der Waals surface area (Å²) >= 11 is 0. The van der Waals surface area contributed by atoms with Gasteiger partial charge in [0.1, 0.15) is 5.75 Å². The SMILES string of the molecule is CCCCCN(C)C(CN)c1ccc2c(c1)CCO2. The molecule has 1 aliphatic heterocycles. The Labute approximate surface area is 116 Å². The van der Waals surface area contributed by atoms with E-state index in [2.05, 4.69) is 37.1 Å². The second-order valence-electron chi connectivity index (χ2n) is 5.40. The topological polar surface area (TPSA) is 38.5 Å². The number of fused-ring (bicyclic) bond motifs is 1. The van der Waals surface area contributed by atoms with E-state index in [4.69, 9.17) is 10.5 Å². The van der Waals surface area contributed by atoms with Crippen LogP contribution in [0.1, 0.15) is 43.4 Å². The van der Waals surface area contributed by atoms with E-state index in [1.54, 1.807) is 0 Å². The van der Waals surface area contributed by atoms with Crippen LogP contribution >= 0.6 is 0 Å². The maximum Gasteiger partial charge on any atom is 0.122 e. The molecule has 0 radical (unpaired) electrons. The van der Waals surface area contributed by atoms with Crippen molar-refractivity contribution in [2.45, 2.75) is 38.6 Å². The molecule has 1 aromatic carbocycles. The molecule has 0 saturated heterocycles. The van der Waals surface area contributed by atoms with Crippen molar-refractivity contribution in [3.63, 3.8) is 0 Å². The van der Waals surface area contributed by atoms with E-state index in [0.717, 1.165) is 25.3 Å². The van der Waals surface area contributed by atoms with E-state index >= 15 is 0 Å².